The van der Waals surface area contributed by atoms with E-state index in [2.05, 4.69) is 84.8 Å². The van der Waals surface area contributed by atoms with E-state index < -0.39 is 18.2 Å². The molecule has 1 aliphatic carbocycles. The van der Waals surface area contributed by atoms with Gasteiger partial charge >= 0.3 is 24.1 Å². The number of allylic oxidation sites excluding steroid dienone is 2. The Hall–Kier alpha value is -4.20. The van der Waals surface area contributed by atoms with E-state index in [4.69, 9.17) is 14.2 Å². The second-order valence-electron chi connectivity index (χ2n) is 21.3. The van der Waals surface area contributed by atoms with Crippen molar-refractivity contribution >= 4 is 30.0 Å². The van der Waals surface area contributed by atoms with Crippen molar-refractivity contribution in [1.82, 2.24) is 20.6 Å². The number of rotatable bonds is 38. The van der Waals surface area contributed by atoms with Gasteiger partial charge in [0.05, 0.1) is 6.10 Å². The fourth-order valence-corrected chi connectivity index (χ4v) is 9.72. The molecule has 70 heavy (non-hydrogen) atoms. The third kappa shape index (κ3) is 31.9. The molecule has 0 aromatic carbocycles. The number of aromatic amines is 1. The maximum Gasteiger partial charge on any atom is 0.407 e. The summed E-state index contributed by atoms with van der Waals surface area (Å²) >= 11 is 0. The quantitative estimate of drug-likeness (QED) is 0.0184. The number of amides is 3. The minimum absolute atomic E-state index is 0.0711. The van der Waals surface area contributed by atoms with Crippen LogP contribution in [0.15, 0.2) is 35.2 Å². The lowest BCUT2D eigenvalue weighted by Crippen LogP contribution is -2.51. The third-order valence-corrected chi connectivity index (χ3v) is 13.0. The highest BCUT2D eigenvalue weighted by Gasteiger charge is 2.42. The lowest BCUT2D eigenvalue weighted by molar-refractivity contribution is -0.158. The van der Waals surface area contributed by atoms with E-state index in [9.17, 15) is 29.1 Å². The lowest BCUT2D eigenvalue weighted by Gasteiger charge is -2.46. The number of carbonyl (C=O) groups excluding carboxylic acids is 4. The molecular weight excluding hydrogens is 887 g/mol. The Balaban J connectivity index is 1.58. The van der Waals surface area contributed by atoms with Gasteiger partial charge < -0.3 is 30.0 Å². The number of aliphatic hydroxyl groups excluding tert-OH is 1. The van der Waals surface area contributed by atoms with Crippen LogP contribution in [0.1, 0.15) is 233 Å². The van der Waals surface area contributed by atoms with Crippen LogP contribution in [0.25, 0.3) is 0 Å². The summed E-state index contributed by atoms with van der Waals surface area (Å²) in [5, 5.41) is 18.8. The number of ether oxygens (including phenoxy) is 3. The Morgan fingerprint density at radius 3 is 2.00 bits per heavy atom. The minimum atomic E-state index is -0.467. The van der Waals surface area contributed by atoms with E-state index in [-0.39, 0.29) is 59.1 Å². The first-order valence-electron chi connectivity index (χ1n) is 27.4. The van der Waals surface area contributed by atoms with Crippen molar-refractivity contribution in [2.24, 2.45) is 10.8 Å². The summed E-state index contributed by atoms with van der Waals surface area (Å²) in [4.78, 5) is 69.2. The average Bonchev–Trinajstić information content (AvgIpc) is 3.28. The van der Waals surface area contributed by atoms with Gasteiger partial charge in [-0.2, -0.15) is 0 Å². The van der Waals surface area contributed by atoms with Gasteiger partial charge in [-0.1, -0.05) is 142 Å². The van der Waals surface area contributed by atoms with Gasteiger partial charge in [-0.15, -0.1) is 0 Å². The molecule has 400 valence electrons. The second-order valence-corrected chi connectivity index (χ2v) is 21.3. The largest absolute Gasteiger partial charge is 0.462 e. The molecule has 5 atom stereocenters. The molecule has 1 fully saturated rings. The molecule has 0 spiro atoms. The fourth-order valence-electron chi connectivity index (χ4n) is 9.72. The number of alkyl carbamates (subject to hydrolysis) is 1. The summed E-state index contributed by atoms with van der Waals surface area (Å²) in [7, 11) is 0. The number of aliphatic hydroxyl groups is 1. The van der Waals surface area contributed by atoms with E-state index in [1.54, 1.807) is 13.8 Å². The number of hydrogen-bond acceptors (Lipinski definition) is 10. The lowest BCUT2D eigenvalue weighted by atomic mass is 9.62. The van der Waals surface area contributed by atoms with Crippen molar-refractivity contribution in [2.45, 2.75) is 259 Å². The molecule has 3 amide bonds. The molecule has 1 aromatic heterocycles. The van der Waals surface area contributed by atoms with Crippen molar-refractivity contribution in [3.8, 4) is 0 Å². The van der Waals surface area contributed by atoms with Crippen molar-refractivity contribution < 1.29 is 38.5 Å². The number of aryl methyl sites for hydroxylation is 1. The Labute approximate surface area is 422 Å². The number of unbranched alkanes of at least 4 members (excludes halogenated alkanes) is 16. The summed E-state index contributed by atoms with van der Waals surface area (Å²) in [6.45, 7) is 14.8. The van der Waals surface area contributed by atoms with Gasteiger partial charge in [0.1, 0.15) is 18.8 Å². The Bertz CT molecular complexity index is 1730. The van der Waals surface area contributed by atoms with E-state index >= 15 is 0 Å². The number of H-pyrrole nitrogens is 1. The monoisotopic (exact) mass is 984 g/mol. The van der Waals surface area contributed by atoms with Crippen molar-refractivity contribution in [3.05, 3.63) is 46.4 Å². The highest BCUT2D eigenvalue weighted by Crippen LogP contribution is 2.46. The zero-order chi connectivity index (χ0) is 51.5. The van der Waals surface area contributed by atoms with Crippen LogP contribution < -0.4 is 21.5 Å². The van der Waals surface area contributed by atoms with E-state index in [1.807, 2.05) is 0 Å². The van der Waals surface area contributed by atoms with E-state index in [0.29, 0.717) is 37.9 Å². The SMILES string of the molecule is CCCCCCC(O)CC=CCCCCCCCC(=O)OCC(C)OC(=O)CCCCCCCC=CCC(CCCCCC)OC(=O)NC1CC(C)(C)CC(C)(CNC(=O)Nc2nc(C)cc(=O)[nH]2)C1. The minimum Gasteiger partial charge on any atom is -0.462 e. The molecule has 2 rings (SSSR count). The van der Waals surface area contributed by atoms with Gasteiger partial charge in [0, 0.05) is 43.6 Å². The van der Waals surface area contributed by atoms with Crippen molar-refractivity contribution in [1.29, 1.82) is 0 Å². The number of hydrogen-bond donors (Lipinski definition) is 5. The number of anilines is 1. The summed E-state index contributed by atoms with van der Waals surface area (Å²) < 4.78 is 16.9. The molecule has 5 N–H and O–H groups in total. The van der Waals surface area contributed by atoms with Crippen LogP contribution in [0.4, 0.5) is 15.5 Å². The van der Waals surface area contributed by atoms with Crippen molar-refractivity contribution in [2.75, 3.05) is 18.5 Å². The summed E-state index contributed by atoms with van der Waals surface area (Å²) in [5.41, 5.74) is -0.182. The number of nitrogens with zero attached hydrogens (tertiary/aromatic N) is 1. The number of esters is 2. The first-order valence-corrected chi connectivity index (χ1v) is 27.4. The molecule has 5 unspecified atom stereocenters. The highest BCUT2D eigenvalue weighted by atomic mass is 16.6. The van der Waals surface area contributed by atoms with Crippen LogP contribution in [0.2, 0.25) is 0 Å². The zero-order valence-electron chi connectivity index (χ0n) is 44.8. The zero-order valence-corrected chi connectivity index (χ0v) is 44.8. The molecule has 0 aliphatic heterocycles. The van der Waals surface area contributed by atoms with Gasteiger partial charge in [-0.05, 0) is 108 Å². The van der Waals surface area contributed by atoms with Crippen molar-refractivity contribution in [3.63, 3.8) is 0 Å². The predicted octanol–water partition coefficient (Wildman–Crippen LogP) is 13.0. The summed E-state index contributed by atoms with van der Waals surface area (Å²) in [6, 6.07) is 0.795. The summed E-state index contributed by atoms with van der Waals surface area (Å²) in [6.07, 6.45) is 34.6. The fraction of sp³-hybridized carbons (Fsp3) is 0.786. The van der Waals surface area contributed by atoms with Crippen LogP contribution in [-0.4, -0.2) is 76.6 Å². The molecule has 1 heterocycles. The van der Waals surface area contributed by atoms with E-state index in [1.165, 1.54) is 25.3 Å². The molecule has 0 radical (unpaired) electrons. The Morgan fingerprint density at radius 1 is 0.771 bits per heavy atom. The van der Waals surface area contributed by atoms with Crippen LogP contribution in [0.5, 0.6) is 0 Å². The van der Waals surface area contributed by atoms with Crippen LogP contribution in [0.3, 0.4) is 0 Å². The molecule has 1 saturated carbocycles. The number of carbonyl (C=O) groups is 4. The van der Waals surface area contributed by atoms with Gasteiger partial charge in [0.25, 0.3) is 5.56 Å². The molecule has 1 aliphatic rings. The standard InChI is InChI=1S/C56H97N5O9/c1-8-10-12-26-32-47(62)33-27-22-18-14-16-20-24-30-36-50(64)68-41-45(4)69-51(65)37-31-25-21-17-15-19-23-29-35-48(34-28-13-11-9-2)70-54(67)59-46-39-55(5,6)42-56(7,40-46)43-57-53(66)61-52-58-44(3)38-49(63)60-52/h22-23,27,29,38,45-48,62H,8-21,24-26,28,30-37,39-43H2,1-7H3,(H,59,67)(H3,57,58,60,61,63,66). The molecule has 1 aromatic rings. The topological polar surface area (TPSA) is 198 Å². The second kappa shape index (κ2) is 36.7. The van der Waals surface area contributed by atoms with E-state index in [0.717, 1.165) is 141 Å². The number of nitrogens with one attached hydrogen (secondary N) is 4. The molecule has 0 bridgehead atoms. The first-order chi connectivity index (χ1) is 33.5. The van der Waals surface area contributed by atoms with Gasteiger partial charge in [0.15, 0.2) is 0 Å². The van der Waals surface area contributed by atoms with Gasteiger partial charge in [0.2, 0.25) is 5.95 Å². The molecule has 14 nitrogen and oxygen atoms in total. The van der Waals surface area contributed by atoms with Crippen LogP contribution in [-0.2, 0) is 23.8 Å². The third-order valence-electron chi connectivity index (χ3n) is 13.0. The normalized spacial score (nSPS) is 18.0. The van der Waals surface area contributed by atoms with Gasteiger partial charge in [-0.3, -0.25) is 24.7 Å². The predicted molar refractivity (Wildman–Crippen MR) is 282 cm³/mol. The van der Waals surface area contributed by atoms with Crippen LogP contribution in [0, 0.1) is 17.8 Å². The molecule has 0 saturated heterocycles. The first kappa shape index (κ1) is 61.9. The maximum absolute atomic E-state index is 13.4. The highest BCUT2D eigenvalue weighted by molar-refractivity contribution is 5.87. The summed E-state index contributed by atoms with van der Waals surface area (Å²) in [5.74, 6) is -0.406. The number of aromatic nitrogens is 2. The number of urea groups is 1. The average molecular weight is 984 g/mol. The Kier molecular flexibility index (Phi) is 32.4. The Morgan fingerprint density at radius 2 is 1.36 bits per heavy atom. The van der Waals surface area contributed by atoms with Crippen LogP contribution >= 0.6 is 0 Å². The molecular formula is C56H97N5O9. The maximum atomic E-state index is 13.4. The molecule has 14 heteroatoms. The smallest absolute Gasteiger partial charge is 0.407 e. The van der Waals surface area contributed by atoms with Gasteiger partial charge in [-0.25, -0.2) is 14.6 Å².